The molecule has 0 radical (unpaired) electrons. The van der Waals surface area contributed by atoms with Crippen LogP contribution in [0.1, 0.15) is 29.6 Å². The average molecular weight is 340 g/mol. The van der Waals surface area contributed by atoms with Gasteiger partial charge < -0.3 is 15.1 Å². The summed E-state index contributed by atoms with van der Waals surface area (Å²) in [6, 6.07) is 4.48. The van der Waals surface area contributed by atoms with Crippen LogP contribution in [0.4, 0.5) is 0 Å². The summed E-state index contributed by atoms with van der Waals surface area (Å²) in [5.41, 5.74) is 0.397. The van der Waals surface area contributed by atoms with Gasteiger partial charge in [0.2, 0.25) is 0 Å². The molecular formula is C14H14BrNO4. The maximum Gasteiger partial charge on any atom is 0.308 e. The number of aliphatic carboxylic acids is 1. The minimum absolute atomic E-state index is 0.0113. The number of carbonyl (C=O) groups is 2. The van der Waals surface area contributed by atoms with Crippen molar-refractivity contribution >= 4 is 27.8 Å². The summed E-state index contributed by atoms with van der Waals surface area (Å²) < 4.78 is 0.529. The molecule has 0 saturated carbocycles. The van der Waals surface area contributed by atoms with Crippen molar-refractivity contribution in [3.8, 4) is 5.75 Å². The number of halogens is 1. The summed E-state index contributed by atoms with van der Waals surface area (Å²) in [6.45, 7) is 0. The highest BCUT2D eigenvalue weighted by molar-refractivity contribution is 9.10. The summed E-state index contributed by atoms with van der Waals surface area (Å²) in [6.07, 6.45) is 2.15. The summed E-state index contributed by atoms with van der Waals surface area (Å²) >= 11 is 3.17. The maximum atomic E-state index is 12.5. The smallest absolute Gasteiger partial charge is 0.308 e. The Morgan fingerprint density at radius 3 is 2.65 bits per heavy atom. The molecule has 2 aliphatic heterocycles. The lowest BCUT2D eigenvalue weighted by Gasteiger charge is -2.23. The second-order valence-corrected chi connectivity index (χ2v) is 6.21. The first kappa shape index (κ1) is 13.4. The van der Waals surface area contributed by atoms with Gasteiger partial charge in [-0.1, -0.05) is 0 Å². The molecule has 1 aromatic rings. The number of hydrogen-bond donors (Lipinski definition) is 2. The Kier molecular flexibility index (Phi) is 3.20. The van der Waals surface area contributed by atoms with Gasteiger partial charge in [0.05, 0.1) is 10.4 Å². The van der Waals surface area contributed by atoms with Crippen molar-refractivity contribution in [3.05, 3.63) is 28.2 Å². The monoisotopic (exact) mass is 339 g/mol. The molecule has 2 fully saturated rings. The molecule has 0 spiro atoms. The third kappa shape index (κ3) is 1.98. The van der Waals surface area contributed by atoms with Crippen molar-refractivity contribution in [1.82, 2.24) is 4.90 Å². The predicted octanol–water partition coefficient (Wildman–Crippen LogP) is 2.23. The summed E-state index contributed by atoms with van der Waals surface area (Å²) in [5.74, 6) is -1.46. The number of fused-ring (bicyclic) bond motifs is 2. The Labute approximate surface area is 124 Å². The van der Waals surface area contributed by atoms with Crippen LogP contribution in [0.2, 0.25) is 0 Å². The first-order chi connectivity index (χ1) is 9.49. The SMILES string of the molecule is O=C(O)C1CC2CCC1N2C(=O)c1ccc(Br)c(O)c1. The van der Waals surface area contributed by atoms with Crippen LogP contribution < -0.4 is 0 Å². The number of carbonyl (C=O) groups excluding carboxylic acids is 1. The second-order valence-electron chi connectivity index (χ2n) is 5.36. The van der Waals surface area contributed by atoms with Gasteiger partial charge in [0.15, 0.2) is 0 Å². The fourth-order valence-corrected chi connectivity index (χ4v) is 3.61. The van der Waals surface area contributed by atoms with Gasteiger partial charge in [0.25, 0.3) is 5.91 Å². The minimum Gasteiger partial charge on any atom is -0.507 e. The first-order valence-electron chi connectivity index (χ1n) is 6.53. The van der Waals surface area contributed by atoms with Crippen LogP contribution in [0.3, 0.4) is 0 Å². The fourth-order valence-electron chi connectivity index (χ4n) is 3.37. The van der Waals surface area contributed by atoms with E-state index in [2.05, 4.69) is 15.9 Å². The molecular weight excluding hydrogens is 326 g/mol. The van der Waals surface area contributed by atoms with Gasteiger partial charge in [-0.2, -0.15) is 0 Å². The van der Waals surface area contributed by atoms with Crippen LogP contribution in [0, 0.1) is 5.92 Å². The van der Waals surface area contributed by atoms with Crippen molar-refractivity contribution in [2.45, 2.75) is 31.3 Å². The highest BCUT2D eigenvalue weighted by Gasteiger charge is 2.51. The third-order valence-electron chi connectivity index (χ3n) is 4.28. The Morgan fingerprint density at radius 1 is 1.30 bits per heavy atom. The maximum absolute atomic E-state index is 12.5. The topological polar surface area (TPSA) is 77.8 Å². The van der Waals surface area contributed by atoms with Crippen LogP contribution in [0.25, 0.3) is 0 Å². The fraction of sp³-hybridized carbons (Fsp3) is 0.429. The number of phenolic OH excluding ortho intramolecular Hbond substituents is 1. The molecule has 3 unspecified atom stereocenters. The van der Waals surface area contributed by atoms with Crippen LogP contribution in [-0.4, -0.2) is 39.1 Å². The van der Waals surface area contributed by atoms with E-state index < -0.39 is 11.9 Å². The van der Waals surface area contributed by atoms with E-state index in [1.54, 1.807) is 17.0 Å². The van der Waals surface area contributed by atoms with Crippen LogP contribution in [-0.2, 0) is 4.79 Å². The van der Waals surface area contributed by atoms with E-state index in [0.29, 0.717) is 16.5 Å². The van der Waals surface area contributed by atoms with Gasteiger partial charge in [0.1, 0.15) is 5.75 Å². The molecule has 2 aliphatic rings. The van der Waals surface area contributed by atoms with Gasteiger partial charge in [-0.3, -0.25) is 9.59 Å². The van der Waals surface area contributed by atoms with E-state index in [0.717, 1.165) is 12.8 Å². The van der Waals surface area contributed by atoms with E-state index in [1.165, 1.54) is 6.07 Å². The van der Waals surface area contributed by atoms with Crippen LogP contribution in [0.15, 0.2) is 22.7 Å². The van der Waals surface area contributed by atoms with Gasteiger partial charge in [-0.05, 0) is 53.4 Å². The normalized spacial score (nSPS) is 27.9. The van der Waals surface area contributed by atoms with Crippen LogP contribution in [0.5, 0.6) is 5.75 Å². The van der Waals surface area contributed by atoms with Crippen molar-refractivity contribution in [1.29, 1.82) is 0 Å². The largest absolute Gasteiger partial charge is 0.507 e. The highest BCUT2D eigenvalue weighted by atomic mass is 79.9. The van der Waals surface area contributed by atoms with E-state index >= 15 is 0 Å². The number of aromatic hydroxyl groups is 1. The Bertz CT molecular complexity index is 589. The zero-order chi connectivity index (χ0) is 14.4. The lowest BCUT2D eigenvalue weighted by Crippen LogP contribution is -2.37. The van der Waals surface area contributed by atoms with E-state index in [1.807, 2.05) is 0 Å². The quantitative estimate of drug-likeness (QED) is 0.866. The standard InChI is InChI=1S/C14H14BrNO4/c15-10-3-1-7(5-12(10)17)13(18)16-8-2-4-11(16)9(6-8)14(19)20/h1,3,5,8-9,11,17H,2,4,6H2,(H,19,20). The summed E-state index contributed by atoms with van der Waals surface area (Å²) in [7, 11) is 0. The lowest BCUT2D eigenvalue weighted by molar-refractivity contribution is -0.142. The summed E-state index contributed by atoms with van der Waals surface area (Å²) in [5, 5.41) is 18.9. The minimum atomic E-state index is -0.825. The molecule has 2 saturated heterocycles. The van der Waals surface area contributed by atoms with E-state index in [-0.39, 0.29) is 23.7 Å². The first-order valence-corrected chi connectivity index (χ1v) is 7.32. The number of carboxylic acid groups (broad SMARTS) is 1. The van der Waals surface area contributed by atoms with E-state index in [9.17, 15) is 19.8 Å². The lowest BCUT2D eigenvalue weighted by atomic mass is 9.89. The molecule has 2 N–H and O–H groups in total. The highest BCUT2D eigenvalue weighted by Crippen LogP contribution is 2.42. The predicted molar refractivity (Wildman–Crippen MR) is 74.5 cm³/mol. The molecule has 3 atom stereocenters. The zero-order valence-corrected chi connectivity index (χ0v) is 12.2. The van der Waals surface area contributed by atoms with Crippen LogP contribution >= 0.6 is 15.9 Å². The molecule has 106 valence electrons. The molecule has 1 amide bonds. The molecule has 2 heterocycles. The number of hydrogen-bond acceptors (Lipinski definition) is 3. The average Bonchev–Trinajstić information content (AvgIpc) is 2.98. The molecule has 1 aromatic carbocycles. The van der Waals surface area contributed by atoms with Gasteiger partial charge in [0, 0.05) is 17.6 Å². The van der Waals surface area contributed by atoms with Crippen molar-refractivity contribution < 1.29 is 19.8 Å². The number of nitrogens with zero attached hydrogens (tertiary/aromatic N) is 1. The van der Waals surface area contributed by atoms with Gasteiger partial charge in [-0.25, -0.2) is 0 Å². The molecule has 3 rings (SSSR count). The number of carboxylic acids is 1. The zero-order valence-electron chi connectivity index (χ0n) is 10.6. The number of benzene rings is 1. The number of amides is 1. The molecule has 5 nitrogen and oxygen atoms in total. The molecule has 0 aromatic heterocycles. The molecule has 20 heavy (non-hydrogen) atoms. The van der Waals surface area contributed by atoms with Crippen molar-refractivity contribution in [3.63, 3.8) is 0 Å². The molecule has 0 aliphatic carbocycles. The summed E-state index contributed by atoms with van der Waals surface area (Å²) in [4.78, 5) is 25.5. The third-order valence-corrected chi connectivity index (χ3v) is 4.95. The molecule has 6 heteroatoms. The van der Waals surface area contributed by atoms with Crippen molar-refractivity contribution in [2.75, 3.05) is 0 Å². The Morgan fingerprint density at radius 2 is 2.05 bits per heavy atom. The molecule has 2 bridgehead atoms. The van der Waals surface area contributed by atoms with Crippen molar-refractivity contribution in [2.24, 2.45) is 5.92 Å². The van der Waals surface area contributed by atoms with Gasteiger partial charge in [-0.15, -0.1) is 0 Å². The van der Waals surface area contributed by atoms with E-state index in [4.69, 9.17) is 0 Å². The Hall–Kier alpha value is -1.56. The Balaban J connectivity index is 1.88. The number of rotatable bonds is 2. The second kappa shape index (κ2) is 4.77. The number of phenols is 1. The van der Waals surface area contributed by atoms with Gasteiger partial charge >= 0.3 is 5.97 Å².